The molecule has 0 unspecified atom stereocenters. The van der Waals surface area contributed by atoms with Crippen LogP contribution in [0.25, 0.3) is 11.1 Å². The number of rotatable bonds is 13. The SMILES string of the molecule is CCOC(=O)C1(Cc2ccccc2)CCC(C(=O)[C@@H](Cc2ccc(-c3ccccc3)cc2)N(C)C(=O)/C=C/CC(C)(C)N)CC1. The molecular formula is C39H48N2O4. The minimum absolute atomic E-state index is 0.0442. The lowest BCUT2D eigenvalue weighted by atomic mass is 9.66. The second-order valence-electron chi connectivity index (χ2n) is 13.2. The first-order valence-corrected chi connectivity index (χ1v) is 16.1. The lowest BCUT2D eigenvalue weighted by Crippen LogP contribution is -2.48. The van der Waals surface area contributed by atoms with Crippen LogP contribution < -0.4 is 5.73 Å². The third-order valence-electron chi connectivity index (χ3n) is 8.98. The highest BCUT2D eigenvalue weighted by Gasteiger charge is 2.45. The topological polar surface area (TPSA) is 89.7 Å². The number of esters is 1. The fourth-order valence-corrected chi connectivity index (χ4v) is 6.30. The first-order valence-electron chi connectivity index (χ1n) is 16.1. The molecule has 6 heteroatoms. The maximum absolute atomic E-state index is 14.3. The Morgan fingerprint density at radius 1 is 0.911 bits per heavy atom. The van der Waals surface area contributed by atoms with Crippen molar-refractivity contribution in [3.63, 3.8) is 0 Å². The molecule has 0 bridgehead atoms. The molecule has 1 fully saturated rings. The van der Waals surface area contributed by atoms with Crippen LogP contribution in [0.2, 0.25) is 0 Å². The van der Waals surface area contributed by atoms with Gasteiger partial charge in [-0.2, -0.15) is 0 Å². The number of nitrogens with zero attached hydrogens (tertiary/aromatic N) is 1. The standard InChI is InChI=1S/C39H48N2O4/c1-5-45-37(44)39(28-30-13-8-6-9-14-30)25-22-33(23-26-39)36(43)34(41(4)35(42)17-12-24-38(2,3)40)27-29-18-20-32(21-19-29)31-15-10-7-11-16-31/h6-21,33-34H,5,22-28,40H2,1-4H3/b17-12+/t33?,34-,39?/m1/s1. The van der Waals surface area contributed by atoms with Crippen molar-refractivity contribution >= 4 is 17.7 Å². The number of amides is 1. The normalized spacial score (nSPS) is 19.2. The van der Waals surface area contributed by atoms with Gasteiger partial charge >= 0.3 is 5.97 Å². The zero-order valence-electron chi connectivity index (χ0n) is 27.2. The first-order chi connectivity index (χ1) is 21.5. The van der Waals surface area contributed by atoms with Crippen LogP contribution in [0.5, 0.6) is 0 Å². The van der Waals surface area contributed by atoms with Crippen LogP contribution in [-0.4, -0.2) is 47.8 Å². The summed E-state index contributed by atoms with van der Waals surface area (Å²) < 4.78 is 5.56. The van der Waals surface area contributed by atoms with Crippen LogP contribution in [0, 0.1) is 11.3 Å². The number of hydrogen-bond acceptors (Lipinski definition) is 5. The fourth-order valence-electron chi connectivity index (χ4n) is 6.30. The van der Waals surface area contributed by atoms with Gasteiger partial charge in [0.15, 0.2) is 5.78 Å². The number of Topliss-reactive ketones (excluding diaryl/α,β-unsaturated/α-hetero) is 1. The summed E-state index contributed by atoms with van der Waals surface area (Å²) in [5.41, 5.74) is 9.32. The maximum Gasteiger partial charge on any atom is 0.312 e. The van der Waals surface area contributed by atoms with Crippen molar-refractivity contribution in [1.29, 1.82) is 0 Å². The quantitative estimate of drug-likeness (QED) is 0.167. The van der Waals surface area contributed by atoms with E-state index in [9.17, 15) is 14.4 Å². The fraction of sp³-hybridized carbons (Fsp3) is 0.410. The van der Waals surface area contributed by atoms with Crippen molar-refractivity contribution < 1.29 is 19.1 Å². The highest BCUT2D eigenvalue weighted by molar-refractivity contribution is 5.94. The Morgan fingerprint density at radius 3 is 2.07 bits per heavy atom. The van der Waals surface area contributed by atoms with E-state index in [4.69, 9.17) is 10.5 Å². The van der Waals surface area contributed by atoms with Crippen LogP contribution >= 0.6 is 0 Å². The monoisotopic (exact) mass is 608 g/mol. The Hall–Kier alpha value is -4.03. The summed E-state index contributed by atoms with van der Waals surface area (Å²) in [7, 11) is 1.71. The van der Waals surface area contributed by atoms with Gasteiger partial charge in [0.05, 0.1) is 18.1 Å². The van der Waals surface area contributed by atoms with Gasteiger partial charge in [-0.05, 0) is 94.0 Å². The van der Waals surface area contributed by atoms with Gasteiger partial charge in [0, 0.05) is 18.5 Å². The van der Waals surface area contributed by atoms with E-state index in [1.54, 1.807) is 18.0 Å². The van der Waals surface area contributed by atoms with Crippen LogP contribution in [0.4, 0.5) is 0 Å². The van der Waals surface area contributed by atoms with Gasteiger partial charge < -0.3 is 15.4 Å². The van der Waals surface area contributed by atoms with Gasteiger partial charge in [0.2, 0.25) is 5.91 Å². The average molecular weight is 609 g/mol. The van der Waals surface area contributed by atoms with Gasteiger partial charge in [0.1, 0.15) is 0 Å². The summed E-state index contributed by atoms with van der Waals surface area (Å²) in [6.45, 7) is 5.98. The molecule has 1 atom stereocenters. The molecule has 3 aromatic carbocycles. The minimum Gasteiger partial charge on any atom is -0.466 e. The molecule has 4 rings (SSSR count). The Kier molecular flexibility index (Phi) is 11.5. The predicted molar refractivity (Wildman–Crippen MR) is 180 cm³/mol. The largest absolute Gasteiger partial charge is 0.466 e. The van der Waals surface area contributed by atoms with Crippen molar-refractivity contribution in [1.82, 2.24) is 4.90 Å². The van der Waals surface area contributed by atoms with Gasteiger partial charge in [-0.25, -0.2) is 0 Å². The summed E-state index contributed by atoms with van der Waals surface area (Å²) in [6, 6.07) is 27.7. The van der Waals surface area contributed by atoms with E-state index in [-0.39, 0.29) is 23.6 Å². The number of likely N-dealkylation sites (N-methyl/N-ethyl adjacent to an activating group) is 1. The number of carbonyl (C=O) groups excluding carboxylic acids is 3. The average Bonchev–Trinajstić information content (AvgIpc) is 3.04. The number of hydrogen-bond donors (Lipinski definition) is 1. The summed E-state index contributed by atoms with van der Waals surface area (Å²) in [5, 5.41) is 0. The second-order valence-corrected chi connectivity index (χ2v) is 13.2. The molecule has 0 heterocycles. The Bertz CT molecular complexity index is 1430. The maximum atomic E-state index is 14.3. The zero-order valence-corrected chi connectivity index (χ0v) is 27.2. The van der Waals surface area contributed by atoms with Crippen LogP contribution in [0.15, 0.2) is 97.1 Å². The van der Waals surface area contributed by atoms with Crippen LogP contribution in [0.1, 0.15) is 64.0 Å². The highest BCUT2D eigenvalue weighted by atomic mass is 16.5. The van der Waals surface area contributed by atoms with E-state index in [1.807, 2.05) is 81.4 Å². The van der Waals surface area contributed by atoms with E-state index >= 15 is 0 Å². The first kappa shape index (κ1) is 33.9. The molecule has 0 aliphatic heterocycles. The molecular weight excluding hydrogens is 560 g/mol. The number of benzene rings is 3. The highest BCUT2D eigenvalue weighted by Crippen LogP contribution is 2.43. The third-order valence-corrected chi connectivity index (χ3v) is 8.98. The molecule has 45 heavy (non-hydrogen) atoms. The minimum atomic E-state index is -0.656. The summed E-state index contributed by atoms with van der Waals surface area (Å²) >= 11 is 0. The molecule has 2 N–H and O–H groups in total. The molecule has 1 aliphatic rings. The Morgan fingerprint density at radius 2 is 1.49 bits per heavy atom. The lowest BCUT2D eigenvalue weighted by molar-refractivity contribution is -0.159. The van der Waals surface area contributed by atoms with E-state index in [2.05, 4.69) is 24.3 Å². The van der Waals surface area contributed by atoms with E-state index in [0.717, 1.165) is 22.3 Å². The van der Waals surface area contributed by atoms with E-state index < -0.39 is 17.0 Å². The Balaban J connectivity index is 1.54. The van der Waals surface area contributed by atoms with Crippen LogP contribution in [0.3, 0.4) is 0 Å². The molecule has 1 amide bonds. The molecule has 1 aliphatic carbocycles. The van der Waals surface area contributed by atoms with Gasteiger partial charge in [-0.15, -0.1) is 0 Å². The number of ether oxygens (including phenoxy) is 1. The molecule has 0 radical (unpaired) electrons. The predicted octanol–water partition coefficient (Wildman–Crippen LogP) is 6.96. The van der Waals surface area contributed by atoms with Crippen molar-refractivity contribution in [3.05, 3.63) is 108 Å². The molecule has 0 saturated heterocycles. The number of ketones is 1. The van der Waals surface area contributed by atoms with Crippen molar-refractivity contribution in [2.75, 3.05) is 13.7 Å². The number of carbonyl (C=O) groups is 3. The third kappa shape index (κ3) is 9.24. The molecule has 1 saturated carbocycles. The van der Waals surface area contributed by atoms with Crippen molar-refractivity contribution in [2.24, 2.45) is 17.1 Å². The summed E-state index contributed by atoms with van der Waals surface area (Å²) in [6.07, 6.45) is 7.15. The van der Waals surface area contributed by atoms with Gasteiger partial charge in [-0.3, -0.25) is 14.4 Å². The van der Waals surface area contributed by atoms with Gasteiger partial charge in [-0.1, -0.05) is 91.0 Å². The molecule has 0 aromatic heterocycles. The smallest absolute Gasteiger partial charge is 0.312 e. The number of nitrogens with two attached hydrogens (primary N) is 1. The van der Waals surface area contributed by atoms with E-state index in [1.165, 1.54) is 6.08 Å². The summed E-state index contributed by atoms with van der Waals surface area (Å²) in [4.78, 5) is 42.5. The van der Waals surface area contributed by atoms with Gasteiger partial charge in [0.25, 0.3) is 0 Å². The molecule has 238 valence electrons. The second kappa shape index (κ2) is 15.3. The Labute approximate surface area is 268 Å². The summed E-state index contributed by atoms with van der Waals surface area (Å²) in [5.74, 6) is -0.615. The molecule has 0 spiro atoms. The zero-order chi connectivity index (χ0) is 32.5. The van der Waals surface area contributed by atoms with Crippen molar-refractivity contribution in [3.8, 4) is 11.1 Å². The van der Waals surface area contributed by atoms with Crippen molar-refractivity contribution in [2.45, 2.75) is 77.3 Å². The van der Waals surface area contributed by atoms with Crippen LogP contribution in [-0.2, 0) is 32.0 Å². The molecule has 6 nitrogen and oxygen atoms in total. The molecule has 3 aromatic rings. The lowest BCUT2D eigenvalue weighted by Gasteiger charge is -2.39. The van der Waals surface area contributed by atoms with E-state index in [0.29, 0.717) is 51.6 Å².